The van der Waals surface area contributed by atoms with E-state index < -0.39 is 0 Å². The highest BCUT2D eigenvalue weighted by atomic mass is 16.5. The fourth-order valence-electron chi connectivity index (χ4n) is 23.7. The standard InChI is InChI=1S/C120H108O6/c1-64(2)16-13-19-67(7)22-25-70-28-34-73(35-29-70)94-88-58-52-82-86-56-62-92-98(77-42-48-80(49-43-77)119(122)125-11)96(75-38-32-72(33-39-75)27-24-69(9)21-15-18-66(5)6)90-60-54-84-87-57-63-93-99(78-44-50-81(51-45-78)120(123)126-12)95(74-36-30-71(31-37-74)26-23-68(8)20-14-17-65(3)4)89-59-53-83-85-55-61-91(97(94)76-40-46-79(47-41-76)118(121)124-10)109-103(85)115-112(100(82)106(88)109)116-104(86)110(92)108(90)102(84)114(116)117-105(87)111(93)107(89)101(83)113(115)117/h28-69H,13-27H2,1-12H3. The molecule has 3 atom stereocenters. The zero-order valence-electron chi connectivity index (χ0n) is 74.8. The molecule has 0 fully saturated rings. The summed E-state index contributed by atoms with van der Waals surface area (Å²) in [6.07, 6.45) is 17.8. The second kappa shape index (κ2) is 31.0. The third-order valence-electron chi connectivity index (χ3n) is 29.9. The van der Waals surface area contributed by atoms with E-state index in [1.165, 1.54) is 274 Å². The van der Waals surface area contributed by atoms with Crippen LogP contribution in [0, 0.1) is 35.5 Å². The third kappa shape index (κ3) is 12.3. The van der Waals surface area contributed by atoms with Gasteiger partial charge in [-0.1, -0.05) is 302 Å². The minimum atomic E-state index is -0.363. The molecule has 6 nitrogen and oxygen atoms in total. The molecule has 624 valence electrons. The molecule has 0 aliphatic carbocycles. The summed E-state index contributed by atoms with van der Waals surface area (Å²) in [7, 11) is 4.39. The lowest BCUT2D eigenvalue weighted by Gasteiger charge is -2.33. The van der Waals surface area contributed by atoms with Gasteiger partial charge in [-0.05, 0) is 355 Å². The Labute approximate surface area is 737 Å². The fourth-order valence-corrected chi connectivity index (χ4v) is 23.7. The molecule has 0 saturated heterocycles. The summed E-state index contributed by atoms with van der Waals surface area (Å²) in [5, 5.41) is 37.5. The van der Waals surface area contributed by atoms with Crippen LogP contribution in [-0.2, 0) is 33.5 Å². The maximum Gasteiger partial charge on any atom is 0.337 e. The van der Waals surface area contributed by atoms with Crippen molar-refractivity contribution < 1.29 is 28.6 Å². The first-order chi connectivity index (χ1) is 61.4. The SMILES string of the molecule is COC(=O)c1ccc(-c2c(-c3ccc(CCC(C)CCCC(C)C)cc3)c3ccc4c5ccc6c(-c7ccc(C(=O)OC)cc7)c(-c7ccc(CCC(C)CCCC(C)C)cc7)c7ccc8c9ccc%10c(-c%11ccc(C(=O)OC)cc%11)c(-c%11ccc(CCC(C)CCCC(C)C)cc%11)c%11ccc%12c%13ccc2c2c3c4c3c(c%132)c2c%12c%11c%10c9c2c2c8c7c6c5c32)cc1. The molecular weight excluding hydrogens is 1540 g/mol. The zero-order valence-corrected chi connectivity index (χ0v) is 74.8. The van der Waals surface area contributed by atoms with Gasteiger partial charge in [-0.2, -0.15) is 0 Å². The number of carbonyl (C=O) groups excluding carboxylic acids is 3. The summed E-state index contributed by atoms with van der Waals surface area (Å²) in [5.41, 5.74) is 19.1. The van der Waals surface area contributed by atoms with E-state index >= 15 is 0 Å². The zero-order chi connectivity index (χ0) is 86.1. The number of hydrogen-bond acceptors (Lipinski definition) is 6. The van der Waals surface area contributed by atoms with Crippen molar-refractivity contribution >= 4 is 179 Å². The highest BCUT2D eigenvalue weighted by molar-refractivity contribution is 6.65. The largest absolute Gasteiger partial charge is 0.465 e. The molecule has 0 bridgehead atoms. The van der Waals surface area contributed by atoms with E-state index in [0.717, 1.165) is 88.6 Å². The first-order valence-electron chi connectivity index (χ1n) is 46.8. The molecule has 22 aromatic rings. The van der Waals surface area contributed by atoms with Gasteiger partial charge in [-0.3, -0.25) is 0 Å². The number of ether oxygens (including phenoxy) is 3. The quantitative estimate of drug-likeness (QED) is 0.0193. The molecule has 126 heavy (non-hydrogen) atoms. The molecule has 0 amide bonds. The molecule has 0 N–H and O–H groups in total. The second-order valence-electron chi connectivity index (χ2n) is 39.2. The van der Waals surface area contributed by atoms with Crippen molar-refractivity contribution in [3.8, 4) is 66.8 Å². The number of fused-ring (bicyclic) bond motifs is 3. The van der Waals surface area contributed by atoms with Gasteiger partial charge < -0.3 is 14.2 Å². The summed E-state index contributed by atoms with van der Waals surface area (Å²) < 4.78 is 16.2. The highest BCUT2D eigenvalue weighted by Gasteiger charge is 2.38. The number of hydrogen-bond donors (Lipinski definition) is 0. The predicted molar refractivity (Wildman–Crippen MR) is 535 cm³/mol. The smallest absolute Gasteiger partial charge is 0.337 e. The van der Waals surface area contributed by atoms with Gasteiger partial charge in [0.1, 0.15) is 0 Å². The number of benzene rings is 22. The van der Waals surface area contributed by atoms with Crippen LogP contribution >= 0.6 is 0 Å². The minimum Gasteiger partial charge on any atom is -0.465 e. The van der Waals surface area contributed by atoms with Crippen molar-refractivity contribution in [2.24, 2.45) is 35.5 Å². The topological polar surface area (TPSA) is 78.9 Å². The van der Waals surface area contributed by atoms with Crippen molar-refractivity contribution in [1.29, 1.82) is 0 Å². The van der Waals surface area contributed by atoms with Crippen LogP contribution in [0.2, 0.25) is 0 Å². The lowest BCUT2D eigenvalue weighted by Crippen LogP contribution is -2.04. The fraction of sp³-hybridized carbons (Fsp3) is 0.275. The summed E-state index contributed by atoms with van der Waals surface area (Å²) in [6.45, 7) is 21.3. The molecule has 6 heteroatoms. The van der Waals surface area contributed by atoms with Crippen LogP contribution in [-0.4, -0.2) is 39.2 Å². The molecule has 0 spiro atoms. The van der Waals surface area contributed by atoms with Gasteiger partial charge in [0.15, 0.2) is 0 Å². The average Bonchev–Trinajstić information content (AvgIpc) is 0.630. The maximum atomic E-state index is 13.5. The van der Waals surface area contributed by atoms with Gasteiger partial charge in [-0.15, -0.1) is 0 Å². The average molecular weight is 1650 g/mol. The van der Waals surface area contributed by atoms with Gasteiger partial charge in [0.2, 0.25) is 0 Å². The van der Waals surface area contributed by atoms with E-state index in [9.17, 15) is 14.4 Å². The van der Waals surface area contributed by atoms with E-state index in [1.54, 1.807) is 0 Å². The summed E-state index contributed by atoms with van der Waals surface area (Å²) >= 11 is 0. The number of esters is 3. The number of carbonyl (C=O) groups is 3. The number of methoxy groups -OCH3 is 3. The Morgan fingerprint density at radius 2 is 0.365 bits per heavy atom. The normalized spacial score (nSPS) is 13.5. The lowest BCUT2D eigenvalue weighted by atomic mass is 9.69. The maximum absolute atomic E-state index is 13.5. The summed E-state index contributed by atoms with van der Waals surface area (Å²) in [4.78, 5) is 40.6. The molecule has 0 saturated carbocycles. The third-order valence-corrected chi connectivity index (χ3v) is 29.9. The molecule has 0 aliphatic rings. The Morgan fingerprint density at radius 3 is 0.540 bits per heavy atom. The number of aryl methyl sites for hydroxylation is 3. The Kier molecular flexibility index (Phi) is 19.5. The van der Waals surface area contributed by atoms with E-state index in [2.05, 4.69) is 244 Å². The van der Waals surface area contributed by atoms with Gasteiger partial charge >= 0.3 is 17.9 Å². The second-order valence-corrected chi connectivity index (χ2v) is 39.2. The highest BCUT2D eigenvalue weighted by Crippen LogP contribution is 2.66. The molecule has 0 aromatic heterocycles. The van der Waals surface area contributed by atoms with Crippen molar-refractivity contribution in [2.45, 2.75) is 159 Å². The summed E-state index contributed by atoms with van der Waals surface area (Å²) in [5.74, 6) is 2.95. The lowest BCUT2D eigenvalue weighted by molar-refractivity contribution is 0.0592. The van der Waals surface area contributed by atoms with Crippen molar-refractivity contribution in [3.05, 3.63) is 252 Å². The predicted octanol–water partition coefficient (Wildman–Crippen LogP) is 33.5. The van der Waals surface area contributed by atoms with Gasteiger partial charge in [-0.25, -0.2) is 14.4 Å². The molecule has 0 aliphatic heterocycles. The molecule has 0 heterocycles. The van der Waals surface area contributed by atoms with E-state index in [1.807, 2.05) is 36.4 Å². The van der Waals surface area contributed by atoms with Gasteiger partial charge in [0.25, 0.3) is 0 Å². The van der Waals surface area contributed by atoms with Crippen LogP contribution in [0.5, 0.6) is 0 Å². The van der Waals surface area contributed by atoms with E-state index in [-0.39, 0.29) is 17.9 Å². The van der Waals surface area contributed by atoms with Crippen LogP contribution in [0.3, 0.4) is 0 Å². The van der Waals surface area contributed by atoms with Crippen LogP contribution in [0.1, 0.15) is 187 Å². The van der Waals surface area contributed by atoms with Crippen LogP contribution in [0.25, 0.3) is 228 Å². The Hall–Kier alpha value is -12.5. The van der Waals surface area contributed by atoms with Crippen LogP contribution in [0.15, 0.2) is 218 Å². The summed E-state index contributed by atoms with van der Waals surface area (Å²) in [6, 6.07) is 83.1. The first kappa shape index (κ1) is 79.4. The van der Waals surface area contributed by atoms with E-state index in [4.69, 9.17) is 14.2 Å². The van der Waals surface area contributed by atoms with Gasteiger partial charge in [0.05, 0.1) is 38.0 Å². The Balaban J connectivity index is 0.891. The number of rotatable bonds is 30. The molecule has 22 aromatic carbocycles. The van der Waals surface area contributed by atoms with Crippen molar-refractivity contribution in [1.82, 2.24) is 0 Å². The Bertz CT molecular complexity index is 7110. The minimum absolute atomic E-state index is 0.363. The molecule has 22 rings (SSSR count). The van der Waals surface area contributed by atoms with Crippen molar-refractivity contribution in [2.75, 3.05) is 21.3 Å². The molecule has 3 unspecified atom stereocenters. The molecule has 0 radical (unpaired) electrons. The van der Waals surface area contributed by atoms with Crippen LogP contribution < -0.4 is 0 Å². The van der Waals surface area contributed by atoms with Crippen LogP contribution in [0.4, 0.5) is 0 Å². The van der Waals surface area contributed by atoms with Gasteiger partial charge in [0, 0.05) is 0 Å². The Morgan fingerprint density at radius 1 is 0.198 bits per heavy atom. The molecular formula is C120H108O6. The first-order valence-corrected chi connectivity index (χ1v) is 46.8. The monoisotopic (exact) mass is 1640 g/mol. The van der Waals surface area contributed by atoms with Crippen molar-refractivity contribution in [3.63, 3.8) is 0 Å². The van der Waals surface area contributed by atoms with E-state index in [0.29, 0.717) is 52.2 Å².